The van der Waals surface area contributed by atoms with Crippen LogP contribution in [-0.4, -0.2) is 24.1 Å². The molecule has 3 heterocycles. The summed E-state index contributed by atoms with van der Waals surface area (Å²) >= 11 is 0. The molecule has 8 aromatic carbocycles. The van der Waals surface area contributed by atoms with Gasteiger partial charge in [0.1, 0.15) is 0 Å². The fourth-order valence-electron chi connectivity index (χ4n) is 10.1. The van der Waals surface area contributed by atoms with E-state index >= 15 is 0 Å². The molecule has 0 aliphatic heterocycles. The van der Waals surface area contributed by atoms with E-state index in [1.54, 1.807) is 0 Å². The monoisotopic (exact) mass is 773 g/mol. The van der Waals surface area contributed by atoms with Crippen molar-refractivity contribution in [1.82, 2.24) is 24.1 Å². The summed E-state index contributed by atoms with van der Waals surface area (Å²) in [6.45, 7) is 9.64. The van der Waals surface area contributed by atoms with Gasteiger partial charge in [0.25, 0.3) is 0 Å². The number of nitrogens with zero attached hydrogens (tertiary/aromatic N) is 5. The number of hydrogen-bond acceptors (Lipinski definition) is 3. The standard InChI is InChI=1S/C55H43N5/c1-54(2)28-29-55(3,4)45-32-47-42(31-44(45)54)41-30-43-49(59(37-21-9-6-10-22-37)46-27-26-35-17-12-14-24-39(35)50(43)46)33-48(41)60(47)53-57-51(36-18-7-5-8-19-36)56-52(58-53)40-25-15-20-34-16-11-13-23-38(34)40/h5-27,30-33H,28-29H2,1-4H3. The van der Waals surface area contributed by atoms with Gasteiger partial charge < -0.3 is 4.57 Å². The average molecular weight is 774 g/mol. The molecule has 0 radical (unpaired) electrons. The van der Waals surface area contributed by atoms with Gasteiger partial charge >= 0.3 is 0 Å². The summed E-state index contributed by atoms with van der Waals surface area (Å²) in [6.07, 6.45) is 2.26. The average Bonchev–Trinajstić information content (AvgIpc) is 3.78. The quantitative estimate of drug-likeness (QED) is 0.179. The minimum Gasteiger partial charge on any atom is -0.309 e. The van der Waals surface area contributed by atoms with E-state index in [2.05, 4.69) is 195 Å². The van der Waals surface area contributed by atoms with Crippen molar-refractivity contribution in [3.05, 3.63) is 175 Å². The van der Waals surface area contributed by atoms with Gasteiger partial charge in [0.05, 0.1) is 22.1 Å². The Labute approximate surface area is 348 Å². The van der Waals surface area contributed by atoms with E-state index in [0.717, 1.165) is 57.0 Å². The van der Waals surface area contributed by atoms with Crippen molar-refractivity contribution >= 4 is 65.2 Å². The Kier molecular flexibility index (Phi) is 7.38. The summed E-state index contributed by atoms with van der Waals surface area (Å²) in [5, 5.41) is 9.64. The molecule has 0 spiro atoms. The van der Waals surface area contributed by atoms with E-state index in [4.69, 9.17) is 15.0 Å². The van der Waals surface area contributed by atoms with E-state index in [1.165, 1.54) is 49.0 Å². The second kappa shape index (κ2) is 12.7. The largest absolute Gasteiger partial charge is 0.309 e. The van der Waals surface area contributed by atoms with Gasteiger partial charge in [-0.05, 0) is 98.8 Å². The molecule has 3 aromatic heterocycles. The minimum atomic E-state index is 0.00641. The third kappa shape index (κ3) is 5.15. The smallest absolute Gasteiger partial charge is 0.238 e. The molecule has 12 rings (SSSR count). The first kappa shape index (κ1) is 34.9. The third-order valence-electron chi connectivity index (χ3n) is 13.4. The van der Waals surface area contributed by atoms with Crippen LogP contribution in [0, 0.1) is 0 Å². The summed E-state index contributed by atoms with van der Waals surface area (Å²) in [7, 11) is 0. The number of fused-ring (bicyclic) bond motifs is 10. The maximum absolute atomic E-state index is 5.48. The summed E-state index contributed by atoms with van der Waals surface area (Å²) in [6, 6.07) is 59.1. The molecule has 5 heteroatoms. The molecule has 288 valence electrons. The Morgan fingerprint density at radius 2 is 1.00 bits per heavy atom. The molecule has 0 saturated carbocycles. The van der Waals surface area contributed by atoms with Crippen molar-refractivity contribution in [2.24, 2.45) is 0 Å². The lowest BCUT2D eigenvalue weighted by atomic mass is 9.63. The van der Waals surface area contributed by atoms with Crippen LogP contribution < -0.4 is 0 Å². The first-order valence-corrected chi connectivity index (χ1v) is 21.1. The minimum absolute atomic E-state index is 0.00641. The molecule has 0 bridgehead atoms. The van der Waals surface area contributed by atoms with Crippen molar-refractivity contribution in [3.63, 3.8) is 0 Å². The first-order valence-electron chi connectivity index (χ1n) is 21.1. The summed E-state index contributed by atoms with van der Waals surface area (Å²) in [5.41, 5.74) is 10.4. The van der Waals surface area contributed by atoms with E-state index < -0.39 is 0 Å². The zero-order chi connectivity index (χ0) is 40.3. The maximum Gasteiger partial charge on any atom is 0.238 e. The van der Waals surface area contributed by atoms with Gasteiger partial charge in [0, 0.05) is 38.4 Å². The molecular formula is C55H43N5. The molecular weight excluding hydrogens is 731 g/mol. The van der Waals surface area contributed by atoms with Gasteiger partial charge in [-0.25, -0.2) is 4.98 Å². The summed E-state index contributed by atoms with van der Waals surface area (Å²) in [4.78, 5) is 16.1. The number of para-hydroxylation sites is 1. The molecule has 5 nitrogen and oxygen atoms in total. The van der Waals surface area contributed by atoms with E-state index in [0.29, 0.717) is 17.6 Å². The Morgan fingerprint density at radius 3 is 1.77 bits per heavy atom. The zero-order valence-electron chi connectivity index (χ0n) is 34.2. The summed E-state index contributed by atoms with van der Waals surface area (Å²) < 4.78 is 4.76. The van der Waals surface area contributed by atoms with Crippen molar-refractivity contribution in [1.29, 1.82) is 0 Å². The predicted octanol–water partition coefficient (Wildman–Crippen LogP) is 14.1. The lowest BCUT2D eigenvalue weighted by molar-refractivity contribution is 0.332. The fraction of sp³-hybridized carbons (Fsp3) is 0.145. The molecule has 0 amide bonds. The van der Waals surface area contributed by atoms with Crippen LogP contribution in [0.1, 0.15) is 51.7 Å². The topological polar surface area (TPSA) is 48.5 Å². The third-order valence-corrected chi connectivity index (χ3v) is 13.4. The van der Waals surface area contributed by atoms with Crippen LogP contribution in [0.5, 0.6) is 0 Å². The first-order chi connectivity index (χ1) is 29.2. The predicted molar refractivity (Wildman–Crippen MR) is 250 cm³/mol. The van der Waals surface area contributed by atoms with E-state index in [9.17, 15) is 0 Å². The van der Waals surface area contributed by atoms with Crippen LogP contribution in [0.3, 0.4) is 0 Å². The van der Waals surface area contributed by atoms with Crippen molar-refractivity contribution in [3.8, 4) is 34.4 Å². The highest BCUT2D eigenvalue weighted by Crippen LogP contribution is 2.49. The summed E-state index contributed by atoms with van der Waals surface area (Å²) in [5.74, 6) is 1.90. The highest BCUT2D eigenvalue weighted by atomic mass is 15.2. The Bertz CT molecular complexity index is 3530. The fourth-order valence-corrected chi connectivity index (χ4v) is 10.1. The Balaban J connectivity index is 1.27. The highest BCUT2D eigenvalue weighted by Gasteiger charge is 2.38. The van der Waals surface area contributed by atoms with Crippen LogP contribution in [0.25, 0.3) is 99.6 Å². The second-order valence-corrected chi connectivity index (χ2v) is 17.9. The van der Waals surface area contributed by atoms with Gasteiger partial charge in [0.15, 0.2) is 11.6 Å². The van der Waals surface area contributed by atoms with Gasteiger partial charge in [-0.3, -0.25) is 4.57 Å². The number of rotatable bonds is 4. The van der Waals surface area contributed by atoms with Crippen LogP contribution in [0.4, 0.5) is 0 Å². The van der Waals surface area contributed by atoms with Crippen molar-refractivity contribution in [2.45, 2.75) is 51.4 Å². The SMILES string of the molecule is CC1(C)CCC(C)(C)c2cc3c(cc21)c1cc2c4c5ccccc5ccc4n(-c4ccccc4)c2cc1n3-c1nc(-c2ccccc2)nc(-c2cccc3ccccc23)n1. The molecule has 0 saturated heterocycles. The van der Waals surface area contributed by atoms with Gasteiger partial charge in [-0.15, -0.1) is 0 Å². The normalized spacial score (nSPS) is 14.8. The van der Waals surface area contributed by atoms with Crippen LogP contribution >= 0.6 is 0 Å². The van der Waals surface area contributed by atoms with Crippen molar-refractivity contribution in [2.75, 3.05) is 0 Å². The number of hydrogen-bond donors (Lipinski definition) is 0. The van der Waals surface area contributed by atoms with Gasteiger partial charge in [-0.2, -0.15) is 9.97 Å². The van der Waals surface area contributed by atoms with Crippen molar-refractivity contribution < 1.29 is 0 Å². The lowest BCUT2D eigenvalue weighted by Crippen LogP contribution is -2.33. The van der Waals surface area contributed by atoms with Crippen LogP contribution in [-0.2, 0) is 10.8 Å². The zero-order valence-corrected chi connectivity index (χ0v) is 34.2. The molecule has 0 N–H and O–H groups in total. The highest BCUT2D eigenvalue weighted by molar-refractivity contribution is 6.25. The van der Waals surface area contributed by atoms with E-state index in [1.807, 2.05) is 6.07 Å². The molecule has 1 aliphatic carbocycles. The molecule has 1 aliphatic rings. The van der Waals surface area contributed by atoms with Crippen LogP contribution in [0.15, 0.2) is 164 Å². The second-order valence-electron chi connectivity index (χ2n) is 17.9. The lowest BCUT2D eigenvalue weighted by Gasteiger charge is -2.42. The number of benzene rings is 8. The maximum atomic E-state index is 5.48. The number of aromatic nitrogens is 5. The van der Waals surface area contributed by atoms with Crippen LogP contribution in [0.2, 0.25) is 0 Å². The van der Waals surface area contributed by atoms with E-state index in [-0.39, 0.29) is 10.8 Å². The molecule has 60 heavy (non-hydrogen) atoms. The molecule has 0 unspecified atom stereocenters. The Hall–Kier alpha value is -7.11. The van der Waals surface area contributed by atoms with Gasteiger partial charge in [-0.1, -0.05) is 149 Å². The molecule has 11 aromatic rings. The molecule has 0 fully saturated rings. The van der Waals surface area contributed by atoms with Gasteiger partial charge in [0.2, 0.25) is 5.95 Å². The Morgan fingerprint density at radius 1 is 0.417 bits per heavy atom. The molecule has 0 atom stereocenters.